The van der Waals surface area contributed by atoms with Crippen LogP contribution in [0.5, 0.6) is 5.75 Å². The van der Waals surface area contributed by atoms with Gasteiger partial charge in [0.25, 0.3) is 5.91 Å². The lowest BCUT2D eigenvalue weighted by Gasteiger charge is -2.18. The first-order valence-electron chi connectivity index (χ1n) is 9.15. The first-order chi connectivity index (χ1) is 14.3. The summed E-state index contributed by atoms with van der Waals surface area (Å²) in [4.78, 5) is 24.4. The maximum atomic E-state index is 12.9. The molecule has 0 saturated heterocycles. The lowest BCUT2D eigenvalue weighted by Crippen LogP contribution is -2.28. The van der Waals surface area contributed by atoms with Crippen LogP contribution in [0.1, 0.15) is 44.8 Å². The Morgan fingerprint density at radius 1 is 0.967 bits per heavy atom. The van der Waals surface area contributed by atoms with E-state index in [0.29, 0.717) is 21.4 Å². The molecule has 30 heavy (non-hydrogen) atoms. The molecule has 1 amide bonds. The van der Waals surface area contributed by atoms with E-state index in [4.69, 9.17) is 27.9 Å². The van der Waals surface area contributed by atoms with Gasteiger partial charge in [0.1, 0.15) is 12.4 Å². The lowest BCUT2D eigenvalue weighted by molar-refractivity contribution is 0.0693. The number of halogens is 2. The van der Waals surface area contributed by atoms with E-state index in [2.05, 4.69) is 5.32 Å². The van der Waals surface area contributed by atoms with Crippen LogP contribution in [0.15, 0.2) is 66.7 Å². The number of hydrogen-bond donors (Lipinski definition) is 2. The molecule has 0 fully saturated rings. The van der Waals surface area contributed by atoms with Crippen LogP contribution in [0.25, 0.3) is 0 Å². The van der Waals surface area contributed by atoms with Gasteiger partial charge in [0.05, 0.1) is 17.2 Å². The molecule has 7 heteroatoms. The Bertz CT molecular complexity index is 1070. The average Bonchev–Trinajstić information content (AvgIpc) is 2.73. The summed E-state index contributed by atoms with van der Waals surface area (Å²) in [6.45, 7) is 1.97. The second-order valence-electron chi connectivity index (χ2n) is 6.64. The largest absolute Gasteiger partial charge is 0.488 e. The van der Waals surface area contributed by atoms with Gasteiger partial charge in [-0.3, -0.25) is 4.79 Å². The van der Waals surface area contributed by atoms with Crippen molar-refractivity contribution in [3.63, 3.8) is 0 Å². The van der Waals surface area contributed by atoms with Crippen LogP contribution in [0.4, 0.5) is 0 Å². The molecule has 0 aliphatic heterocycles. The number of hydrogen-bond acceptors (Lipinski definition) is 3. The van der Waals surface area contributed by atoms with Crippen molar-refractivity contribution in [2.24, 2.45) is 0 Å². The zero-order chi connectivity index (χ0) is 21.7. The molecule has 2 N–H and O–H groups in total. The molecule has 1 atom stereocenters. The van der Waals surface area contributed by atoms with E-state index in [-0.39, 0.29) is 17.7 Å². The van der Waals surface area contributed by atoms with E-state index in [1.165, 1.54) is 12.1 Å². The van der Waals surface area contributed by atoms with Gasteiger partial charge in [-0.1, -0.05) is 53.5 Å². The molecule has 0 bridgehead atoms. The van der Waals surface area contributed by atoms with Crippen LogP contribution in [0.2, 0.25) is 10.0 Å². The summed E-state index contributed by atoms with van der Waals surface area (Å²) in [6, 6.07) is 18.0. The Labute approximate surface area is 184 Å². The number of amides is 1. The third-order valence-electron chi connectivity index (χ3n) is 4.50. The summed E-state index contributed by atoms with van der Waals surface area (Å²) in [6.07, 6.45) is 0. The Kier molecular flexibility index (Phi) is 6.98. The minimum atomic E-state index is -1.05. The van der Waals surface area contributed by atoms with Crippen molar-refractivity contribution in [1.82, 2.24) is 5.32 Å². The Morgan fingerprint density at radius 2 is 1.63 bits per heavy atom. The van der Waals surface area contributed by atoms with Crippen molar-refractivity contribution in [2.45, 2.75) is 19.6 Å². The second kappa shape index (κ2) is 9.65. The molecule has 154 valence electrons. The van der Waals surface area contributed by atoms with Crippen LogP contribution >= 0.6 is 23.2 Å². The predicted octanol–water partition coefficient (Wildman–Crippen LogP) is 5.76. The first-order valence-corrected chi connectivity index (χ1v) is 9.90. The second-order valence-corrected chi connectivity index (χ2v) is 7.52. The topological polar surface area (TPSA) is 75.6 Å². The Balaban J connectivity index is 1.79. The van der Waals surface area contributed by atoms with E-state index in [9.17, 15) is 14.7 Å². The molecular weight excluding hydrogens is 425 g/mol. The zero-order valence-corrected chi connectivity index (χ0v) is 17.6. The zero-order valence-electron chi connectivity index (χ0n) is 16.1. The summed E-state index contributed by atoms with van der Waals surface area (Å²) in [5.74, 6) is -1.11. The highest BCUT2D eigenvalue weighted by Gasteiger charge is 2.20. The third kappa shape index (κ3) is 5.32. The SMILES string of the molecule is C[C@H](NC(=O)c1cc(Cl)ccc1OCc1ccc(Cl)cc1)c1ccccc1C(=O)O. The van der Waals surface area contributed by atoms with Gasteiger partial charge >= 0.3 is 5.97 Å². The van der Waals surface area contributed by atoms with Crippen molar-refractivity contribution in [1.29, 1.82) is 0 Å². The molecule has 0 unspecified atom stereocenters. The van der Waals surface area contributed by atoms with Crippen molar-refractivity contribution < 1.29 is 19.4 Å². The fraction of sp³-hybridized carbons (Fsp3) is 0.130. The van der Waals surface area contributed by atoms with Crippen molar-refractivity contribution in [3.05, 3.63) is 99.0 Å². The normalized spacial score (nSPS) is 11.6. The average molecular weight is 444 g/mol. The number of benzene rings is 3. The number of ether oxygens (including phenoxy) is 1. The number of carboxylic acids is 1. The van der Waals surface area contributed by atoms with Gasteiger partial charge in [-0.15, -0.1) is 0 Å². The fourth-order valence-electron chi connectivity index (χ4n) is 2.97. The number of aromatic carboxylic acids is 1. The van der Waals surface area contributed by atoms with Crippen LogP contribution < -0.4 is 10.1 Å². The van der Waals surface area contributed by atoms with E-state index in [0.717, 1.165) is 5.56 Å². The van der Waals surface area contributed by atoms with Crippen molar-refractivity contribution in [2.75, 3.05) is 0 Å². The van der Waals surface area contributed by atoms with E-state index in [1.54, 1.807) is 49.4 Å². The van der Waals surface area contributed by atoms with Gasteiger partial charge in [-0.2, -0.15) is 0 Å². The van der Waals surface area contributed by atoms with Gasteiger partial charge in [0.2, 0.25) is 0 Å². The smallest absolute Gasteiger partial charge is 0.336 e. The highest BCUT2D eigenvalue weighted by Crippen LogP contribution is 2.26. The molecule has 0 spiro atoms. The number of carbonyl (C=O) groups excluding carboxylic acids is 1. The lowest BCUT2D eigenvalue weighted by atomic mass is 10.0. The van der Waals surface area contributed by atoms with E-state index in [1.807, 2.05) is 12.1 Å². The predicted molar refractivity (Wildman–Crippen MR) is 117 cm³/mol. The molecule has 3 aromatic rings. The molecule has 0 aliphatic carbocycles. The molecule has 3 rings (SSSR count). The molecular formula is C23H19Cl2NO4. The fourth-order valence-corrected chi connectivity index (χ4v) is 3.27. The van der Waals surface area contributed by atoms with Crippen LogP contribution in [-0.2, 0) is 6.61 Å². The summed E-state index contributed by atoms with van der Waals surface area (Å²) < 4.78 is 5.83. The highest BCUT2D eigenvalue weighted by molar-refractivity contribution is 6.31. The van der Waals surface area contributed by atoms with E-state index < -0.39 is 17.9 Å². The van der Waals surface area contributed by atoms with Crippen LogP contribution in [-0.4, -0.2) is 17.0 Å². The minimum absolute atomic E-state index is 0.135. The van der Waals surface area contributed by atoms with Crippen molar-refractivity contribution in [3.8, 4) is 5.75 Å². The molecule has 0 aromatic heterocycles. The standard InChI is InChI=1S/C23H19Cl2NO4/c1-14(18-4-2-3-5-19(18)23(28)29)26-22(27)20-12-17(25)10-11-21(20)30-13-15-6-8-16(24)9-7-15/h2-12,14H,13H2,1H3,(H,26,27)(H,28,29)/t14-/m0/s1. The summed E-state index contributed by atoms with van der Waals surface area (Å²) >= 11 is 12.0. The monoisotopic (exact) mass is 443 g/mol. The molecule has 5 nitrogen and oxygen atoms in total. The van der Waals surface area contributed by atoms with Gasteiger partial charge in [-0.05, 0) is 54.4 Å². The summed E-state index contributed by atoms with van der Waals surface area (Å²) in [7, 11) is 0. The number of carboxylic acid groups (broad SMARTS) is 1. The summed E-state index contributed by atoms with van der Waals surface area (Å²) in [5.41, 5.74) is 1.79. The maximum Gasteiger partial charge on any atom is 0.336 e. The Morgan fingerprint density at radius 3 is 2.33 bits per heavy atom. The van der Waals surface area contributed by atoms with E-state index >= 15 is 0 Å². The van der Waals surface area contributed by atoms with Gasteiger partial charge < -0.3 is 15.2 Å². The minimum Gasteiger partial charge on any atom is -0.488 e. The van der Waals surface area contributed by atoms with Gasteiger partial charge in [0, 0.05) is 10.0 Å². The van der Waals surface area contributed by atoms with Gasteiger partial charge in [0.15, 0.2) is 0 Å². The molecule has 0 saturated carbocycles. The maximum absolute atomic E-state index is 12.9. The Hall–Kier alpha value is -3.02. The molecule has 0 aliphatic rings. The highest BCUT2D eigenvalue weighted by atomic mass is 35.5. The van der Waals surface area contributed by atoms with Crippen LogP contribution in [0.3, 0.4) is 0 Å². The molecule has 0 radical (unpaired) electrons. The third-order valence-corrected chi connectivity index (χ3v) is 4.99. The van der Waals surface area contributed by atoms with Crippen LogP contribution in [0, 0.1) is 0 Å². The number of rotatable bonds is 7. The number of carbonyl (C=O) groups is 2. The molecule has 0 heterocycles. The first kappa shape index (κ1) is 21.7. The number of nitrogens with one attached hydrogen (secondary N) is 1. The molecule has 3 aromatic carbocycles. The summed E-state index contributed by atoms with van der Waals surface area (Å²) in [5, 5.41) is 13.2. The van der Waals surface area contributed by atoms with Crippen molar-refractivity contribution >= 4 is 35.1 Å². The van der Waals surface area contributed by atoms with Gasteiger partial charge in [-0.25, -0.2) is 4.79 Å². The quantitative estimate of drug-likeness (QED) is 0.486.